The van der Waals surface area contributed by atoms with Gasteiger partial charge in [0.2, 0.25) is 0 Å². The maximum absolute atomic E-state index is 11.7. The highest BCUT2D eigenvalue weighted by Crippen LogP contribution is 2.11. The Kier molecular flexibility index (Phi) is 6.15. The molecule has 0 heterocycles. The Morgan fingerprint density at radius 3 is 2.82 bits per heavy atom. The monoisotopic (exact) mass is 314 g/mol. The lowest BCUT2D eigenvalue weighted by atomic mass is 10.2. The first kappa shape index (κ1) is 14.1. The van der Waals surface area contributed by atoms with Gasteiger partial charge in [0.25, 0.3) is 5.91 Å². The van der Waals surface area contributed by atoms with Crippen molar-refractivity contribution in [1.29, 1.82) is 0 Å². The zero-order chi connectivity index (χ0) is 12.7. The number of thiocarbonyl (C=S) groups is 1. The van der Waals surface area contributed by atoms with E-state index >= 15 is 0 Å². The maximum atomic E-state index is 11.7. The van der Waals surface area contributed by atoms with Crippen molar-refractivity contribution in [3.63, 3.8) is 0 Å². The third-order valence-electron chi connectivity index (χ3n) is 2.22. The fourth-order valence-electron chi connectivity index (χ4n) is 1.36. The zero-order valence-electron chi connectivity index (χ0n) is 9.41. The standard InChI is InChI=1S/C12H15BrN2OS/c13-10-5-3-4-9(8-10)12(16)15-7-2-1-6-11(14)17/h3-5,8H,1-2,6-7H2,(H2,14,17)(H,15,16). The molecule has 0 atom stereocenters. The summed E-state index contributed by atoms with van der Waals surface area (Å²) in [6.45, 7) is 0.647. The second-order valence-electron chi connectivity index (χ2n) is 3.69. The highest BCUT2D eigenvalue weighted by Gasteiger charge is 2.04. The summed E-state index contributed by atoms with van der Waals surface area (Å²) in [5.41, 5.74) is 6.04. The predicted molar refractivity (Wildman–Crippen MR) is 77.1 cm³/mol. The minimum atomic E-state index is -0.0541. The molecule has 0 spiro atoms. The first-order valence-electron chi connectivity index (χ1n) is 5.41. The third kappa shape index (κ3) is 5.79. The van der Waals surface area contributed by atoms with E-state index in [0.29, 0.717) is 17.1 Å². The van der Waals surface area contributed by atoms with Gasteiger partial charge >= 0.3 is 0 Å². The minimum Gasteiger partial charge on any atom is -0.393 e. The molecule has 0 aliphatic carbocycles. The van der Waals surface area contributed by atoms with Gasteiger partial charge in [0.15, 0.2) is 0 Å². The Labute approximate surface area is 115 Å². The summed E-state index contributed by atoms with van der Waals surface area (Å²) in [6, 6.07) is 7.31. The van der Waals surface area contributed by atoms with Crippen LogP contribution in [0.25, 0.3) is 0 Å². The van der Waals surface area contributed by atoms with Crippen LogP contribution in [0.4, 0.5) is 0 Å². The molecule has 1 rings (SSSR count). The molecule has 92 valence electrons. The van der Waals surface area contributed by atoms with Gasteiger partial charge in [-0.3, -0.25) is 4.79 Å². The van der Waals surface area contributed by atoms with Crippen LogP contribution >= 0.6 is 28.1 Å². The number of carbonyl (C=O) groups is 1. The molecule has 0 fully saturated rings. The van der Waals surface area contributed by atoms with Crippen molar-refractivity contribution in [2.75, 3.05) is 6.54 Å². The van der Waals surface area contributed by atoms with E-state index in [9.17, 15) is 4.79 Å². The number of nitrogens with two attached hydrogens (primary N) is 1. The van der Waals surface area contributed by atoms with Gasteiger partial charge < -0.3 is 11.1 Å². The molecule has 17 heavy (non-hydrogen) atoms. The van der Waals surface area contributed by atoms with Gasteiger partial charge in [0, 0.05) is 16.6 Å². The van der Waals surface area contributed by atoms with Crippen molar-refractivity contribution in [2.24, 2.45) is 5.73 Å². The third-order valence-corrected chi connectivity index (χ3v) is 2.92. The molecule has 0 unspecified atom stereocenters. The molecule has 5 heteroatoms. The molecular weight excluding hydrogens is 300 g/mol. The molecule has 1 aromatic carbocycles. The summed E-state index contributed by atoms with van der Waals surface area (Å²) in [6.07, 6.45) is 2.53. The molecule has 1 amide bonds. The number of hydrogen-bond acceptors (Lipinski definition) is 2. The average molecular weight is 315 g/mol. The maximum Gasteiger partial charge on any atom is 0.251 e. The molecule has 0 bridgehead atoms. The Balaban J connectivity index is 2.28. The normalized spacial score (nSPS) is 9.94. The van der Waals surface area contributed by atoms with E-state index in [1.165, 1.54) is 0 Å². The number of halogens is 1. The van der Waals surface area contributed by atoms with Crippen LogP contribution in [-0.4, -0.2) is 17.4 Å². The summed E-state index contributed by atoms with van der Waals surface area (Å²) in [4.78, 5) is 12.2. The lowest BCUT2D eigenvalue weighted by Crippen LogP contribution is -2.24. The molecule has 0 aromatic heterocycles. The van der Waals surface area contributed by atoms with Gasteiger partial charge in [0.05, 0.1) is 4.99 Å². The fraction of sp³-hybridized carbons (Fsp3) is 0.333. The number of rotatable bonds is 6. The first-order valence-corrected chi connectivity index (χ1v) is 6.62. The van der Waals surface area contributed by atoms with Crippen LogP contribution < -0.4 is 11.1 Å². The molecule has 0 aliphatic rings. The van der Waals surface area contributed by atoms with E-state index in [4.69, 9.17) is 18.0 Å². The Bertz CT molecular complexity index is 409. The number of nitrogens with one attached hydrogen (secondary N) is 1. The average Bonchev–Trinajstić information content (AvgIpc) is 2.28. The van der Waals surface area contributed by atoms with Gasteiger partial charge in [-0.1, -0.05) is 34.2 Å². The van der Waals surface area contributed by atoms with E-state index in [-0.39, 0.29) is 5.91 Å². The molecule has 0 saturated carbocycles. The fourth-order valence-corrected chi connectivity index (χ4v) is 1.90. The van der Waals surface area contributed by atoms with E-state index in [0.717, 1.165) is 23.7 Å². The molecule has 0 radical (unpaired) electrons. The Hall–Kier alpha value is -0.940. The van der Waals surface area contributed by atoms with Crippen molar-refractivity contribution in [3.8, 4) is 0 Å². The van der Waals surface area contributed by atoms with E-state index in [1.54, 1.807) is 12.1 Å². The highest BCUT2D eigenvalue weighted by atomic mass is 79.9. The lowest BCUT2D eigenvalue weighted by Gasteiger charge is -2.05. The van der Waals surface area contributed by atoms with Crippen LogP contribution in [0.2, 0.25) is 0 Å². The summed E-state index contributed by atoms with van der Waals surface area (Å²) in [5.74, 6) is -0.0541. The molecule has 1 aromatic rings. The minimum absolute atomic E-state index is 0.0541. The van der Waals surface area contributed by atoms with Crippen LogP contribution in [0.3, 0.4) is 0 Å². The molecule has 3 nitrogen and oxygen atoms in total. The van der Waals surface area contributed by atoms with Crippen molar-refractivity contribution < 1.29 is 4.79 Å². The lowest BCUT2D eigenvalue weighted by molar-refractivity contribution is 0.0953. The summed E-state index contributed by atoms with van der Waals surface area (Å²) < 4.78 is 0.902. The Morgan fingerprint density at radius 2 is 2.18 bits per heavy atom. The van der Waals surface area contributed by atoms with Gasteiger partial charge in [0.1, 0.15) is 0 Å². The van der Waals surface area contributed by atoms with E-state index < -0.39 is 0 Å². The Morgan fingerprint density at radius 1 is 1.41 bits per heavy atom. The number of unbranched alkanes of at least 4 members (excludes halogenated alkanes) is 1. The van der Waals surface area contributed by atoms with Gasteiger partial charge in [-0.05, 0) is 37.5 Å². The quantitative estimate of drug-likeness (QED) is 0.627. The van der Waals surface area contributed by atoms with Crippen molar-refractivity contribution in [2.45, 2.75) is 19.3 Å². The van der Waals surface area contributed by atoms with Crippen molar-refractivity contribution in [3.05, 3.63) is 34.3 Å². The zero-order valence-corrected chi connectivity index (χ0v) is 11.8. The van der Waals surface area contributed by atoms with E-state index in [2.05, 4.69) is 21.2 Å². The number of carbonyl (C=O) groups excluding carboxylic acids is 1. The topological polar surface area (TPSA) is 55.1 Å². The van der Waals surface area contributed by atoms with Crippen LogP contribution in [0.1, 0.15) is 29.6 Å². The molecular formula is C12H15BrN2OS. The van der Waals surface area contributed by atoms with Crippen molar-refractivity contribution in [1.82, 2.24) is 5.32 Å². The number of hydrogen-bond donors (Lipinski definition) is 2. The van der Waals surface area contributed by atoms with Crippen LogP contribution in [0.15, 0.2) is 28.7 Å². The first-order chi connectivity index (χ1) is 8.09. The SMILES string of the molecule is NC(=S)CCCCNC(=O)c1cccc(Br)c1. The van der Waals surface area contributed by atoms with Crippen LogP contribution in [0, 0.1) is 0 Å². The molecule has 0 aliphatic heterocycles. The summed E-state index contributed by atoms with van der Waals surface area (Å²) >= 11 is 8.10. The predicted octanol–water partition coefficient (Wildman–Crippen LogP) is 2.64. The van der Waals surface area contributed by atoms with Gasteiger partial charge in [-0.15, -0.1) is 0 Å². The van der Waals surface area contributed by atoms with Gasteiger partial charge in [-0.2, -0.15) is 0 Å². The molecule has 0 saturated heterocycles. The van der Waals surface area contributed by atoms with Gasteiger partial charge in [-0.25, -0.2) is 0 Å². The van der Waals surface area contributed by atoms with Crippen molar-refractivity contribution >= 4 is 39.0 Å². The number of benzene rings is 1. The summed E-state index contributed by atoms with van der Waals surface area (Å²) in [5, 5.41) is 2.86. The second-order valence-corrected chi connectivity index (χ2v) is 5.13. The van der Waals surface area contributed by atoms with Crippen LogP contribution in [0.5, 0.6) is 0 Å². The molecule has 3 N–H and O–H groups in total. The van der Waals surface area contributed by atoms with Crippen LogP contribution in [-0.2, 0) is 0 Å². The second kappa shape index (κ2) is 7.40. The summed E-state index contributed by atoms with van der Waals surface area (Å²) in [7, 11) is 0. The highest BCUT2D eigenvalue weighted by molar-refractivity contribution is 9.10. The largest absolute Gasteiger partial charge is 0.393 e. The van der Waals surface area contributed by atoms with E-state index in [1.807, 2.05) is 12.1 Å². The number of amides is 1. The smallest absolute Gasteiger partial charge is 0.251 e.